The fourth-order valence-corrected chi connectivity index (χ4v) is 10.8. The molecule has 0 saturated carbocycles. The molecule has 0 spiro atoms. The van der Waals surface area contributed by atoms with Crippen molar-refractivity contribution >= 4 is 56.0 Å². The molecule has 4 aliphatic rings. The summed E-state index contributed by atoms with van der Waals surface area (Å²) in [6.45, 7) is 5.04. The maximum absolute atomic E-state index is 15.8. The lowest BCUT2D eigenvalue weighted by atomic mass is 10.00. The van der Waals surface area contributed by atoms with Gasteiger partial charge < -0.3 is 19.1 Å². The molecule has 1 aromatic heterocycles. The molecule has 3 saturated heterocycles. The van der Waals surface area contributed by atoms with E-state index in [1.807, 2.05) is 0 Å². The van der Waals surface area contributed by atoms with E-state index in [0.29, 0.717) is 92.4 Å². The van der Waals surface area contributed by atoms with Gasteiger partial charge in [0.15, 0.2) is 28.9 Å². The highest BCUT2D eigenvalue weighted by molar-refractivity contribution is 7.90. The maximum Gasteiger partial charge on any atom is 0.329 e. The number of alkyl halides is 2. The maximum atomic E-state index is 15.8. The van der Waals surface area contributed by atoms with Crippen molar-refractivity contribution in [3.05, 3.63) is 101 Å². The first-order chi connectivity index (χ1) is 33.4. The van der Waals surface area contributed by atoms with Gasteiger partial charge in [0.2, 0.25) is 5.91 Å². The second-order valence-corrected chi connectivity index (χ2v) is 20.2. The summed E-state index contributed by atoms with van der Waals surface area (Å²) in [6.07, 6.45) is 2.50. The number of piperidine rings is 1. The van der Waals surface area contributed by atoms with Crippen molar-refractivity contribution < 1.29 is 55.0 Å². The Morgan fingerprint density at radius 1 is 0.871 bits per heavy atom. The number of sulfone groups is 1. The van der Waals surface area contributed by atoms with E-state index in [4.69, 9.17) is 14.2 Å². The van der Waals surface area contributed by atoms with Gasteiger partial charge in [-0.25, -0.2) is 17.6 Å². The Hall–Kier alpha value is -6.71. The van der Waals surface area contributed by atoms with Crippen molar-refractivity contribution in [1.82, 2.24) is 29.8 Å². The molecule has 5 heterocycles. The van der Waals surface area contributed by atoms with Crippen molar-refractivity contribution in [3.63, 3.8) is 0 Å². The normalized spacial score (nSPS) is 18.1. The number of piperazine rings is 1. The quantitative estimate of drug-likeness (QED) is 0.119. The van der Waals surface area contributed by atoms with Crippen LogP contribution in [0, 0.1) is 5.82 Å². The first kappa shape index (κ1) is 48.3. The summed E-state index contributed by atoms with van der Waals surface area (Å²) in [5, 5.41) is 6.93. The summed E-state index contributed by atoms with van der Waals surface area (Å²) in [6, 6.07) is 16.2. The second kappa shape index (κ2) is 19.2. The second-order valence-electron chi connectivity index (χ2n) is 18.0. The summed E-state index contributed by atoms with van der Waals surface area (Å²) in [4.78, 5) is 61.0. The SMILES string of the molecule is CCOc1cc([C@@H](CS(C)(=O)=O)N2C(=O)c3cccc(N4CCN(C5CCN(CC(F)(F)c6ccc(Oc7cc8c(cc7F)c(N7CCC(=O)NC7=O)nn8C)cc6)CC5)CC4)c3C2=O)ccc1OC. The Morgan fingerprint density at radius 3 is 2.27 bits per heavy atom. The van der Waals surface area contributed by atoms with E-state index >= 15 is 13.2 Å². The molecule has 70 heavy (non-hydrogen) atoms. The monoisotopic (exact) mass is 986 g/mol. The highest BCUT2D eigenvalue weighted by Gasteiger charge is 2.45. The summed E-state index contributed by atoms with van der Waals surface area (Å²) in [5.74, 6) is -5.04. The van der Waals surface area contributed by atoms with Crippen LogP contribution in [0.15, 0.2) is 72.8 Å². The molecule has 17 nitrogen and oxygen atoms in total. The minimum atomic E-state index is -3.68. The zero-order chi connectivity index (χ0) is 49.6. The zero-order valence-corrected chi connectivity index (χ0v) is 39.9. The third kappa shape index (κ3) is 9.61. The van der Waals surface area contributed by atoms with Crippen LogP contribution in [0.5, 0.6) is 23.0 Å². The molecular formula is C49H53F3N8O9S. The van der Waals surface area contributed by atoms with Crippen LogP contribution in [0.1, 0.15) is 64.1 Å². The molecule has 4 aliphatic heterocycles. The Morgan fingerprint density at radius 2 is 1.60 bits per heavy atom. The number of nitrogens with zero attached hydrogens (tertiary/aromatic N) is 7. The zero-order valence-electron chi connectivity index (χ0n) is 39.1. The number of fused-ring (bicyclic) bond motifs is 2. The fraction of sp³-hybridized carbons (Fsp3) is 0.408. The number of carbonyl (C=O) groups is 4. The van der Waals surface area contributed by atoms with Gasteiger partial charge in [-0.2, -0.15) is 13.9 Å². The van der Waals surface area contributed by atoms with Crippen molar-refractivity contribution in [2.45, 2.75) is 44.2 Å². The van der Waals surface area contributed by atoms with Gasteiger partial charge in [0.1, 0.15) is 15.6 Å². The Balaban J connectivity index is 0.796. The number of hydrogen-bond donors (Lipinski definition) is 1. The Labute approximate surface area is 402 Å². The molecule has 5 amide bonds. The Kier molecular flexibility index (Phi) is 13.3. The van der Waals surface area contributed by atoms with Gasteiger partial charge in [-0.3, -0.25) is 44.0 Å². The lowest BCUT2D eigenvalue weighted by Crippen LogP contribution is -2.54. The van der Waals surface area contributed by atoms with Gasteiger partial charge in [-0.1, -0.05) is 12.1 Å². The topological polar surface area (TPSA) is 176 Å². The number of likely N-dealkylation sites (tertiary alicyclic amines) is 1. The highest BCUT2D eigenvalue weighted by atomic mass is 32.2. The highest BCUT2D eigenvalue weighted by Crippen LogP contribution is 2.41. The molecule has 0 radical (unpaired) electrons. The van der Waals surface area contributed by atoms with Crippen LogP contribution < -0.4 is 29.3 Å². The van der Waals surface area contributed by atoms with E-state index in [1.54, 1.807) is 55.3 Å². The number of carbonyl (C=O) groups excluding carboxylic acids is 4. The van der Waals surface area contributed by atoms with Gasteiger partial charge in [-0.15, -0.1) is 0 Å². The van der Waals surface area contributed by atoms with E-state index in [-0.39, 0.29) is 53.0 Å². The van der Waals surface area contributed by atoms with Gasteiger partial charge in [-0.05, 0) is 93.0 Å². The molecule has 1 atom stereocenters. The van der Waals surface area contributed by atoms with Crippen LogP contribution in [-0.2, 0) is 27.6 Å². The van der Waals surface area contributed by atoms with E-state index in [2.05, 4.69) is 20.2 Å². The van der Waals surface area contributed by atoms with Crippen molar-refractivity contribution in [2.24, 2.45) is 7.05 Å². The summed E-state index contributed by atoms with van der Waals surface area (Å²) < 4.78 is 90.9. The van der Waals surface area contributed by atoms with Crippen molar-refractivity contribution in [2.75, 3.05) is 87.9 Å². The third-order valence-electron chi connectivity index (χ3n) is 13.4. The van der Waals surface area contributed by atoms with Crippen molar-refractivity contribution in [3.8, 4) is 23.0 Å². The largest absolute Gasteiger partial charge is 0.493 e. The number of amides is 5. The molecular weight excluding hydrogens is 934 g/mol. The van der Waals surface area contributed by atoms with Gasteiger partial charge in [0, 0.05) is 75.5 Å². The average Bonchev–Trinajstić information content (AvgIpc) is 3.78. The molecule has 370 valence electrons. The standard InChI is InChI=1S/C49H53F3N8O9S/c1-5-68-42-25-30(9-14-40(42)67-3)39(28-70(4,65)66)60-46(62)34-7-6-8-37(44(34)47(60)63)58-23-21-57(22-24-58)32-15-18-56(19-16-32)29-49(51,52)31-10-12-33(13-11-31)69-41-27-38-35(26-36(41)50)45(54-55(38)2)59-20-17-43(61)53-48(59)64/h6-14,25-27,32,39H,5,15-24,28-29H2,1-4H3,(H,53,61,64)/t39-/m1/s1. The van der Waals surface area contributed by atoms with Crippen LogP contribution >= 0.6 is 0 Å². The predicted octanol–water partition coefficient (Wildman–Crippen LogP) is 6.12. The predicted molar refractivity (Wildman–Crippen MR) is 253 cm³/mol. The van der Waals surface area contributed by atoms with Crippen molar-refractivity contribution in [1.29, 1.82) is 0 Å². The molecule has 9 rings (SSSR count). The minimum absolute atomic E-state index is 0.0733. The van der Waals surface area contributed by atoms with Gasteiger partial charge in [0.25, 0.3) is 17.7 Å². The number of aryl methyl sites for hydroxylation is 1. The number of halogens is 3. The summed E-state index contributed by atoms with van der Waals surface area (Å²) >= 11 is 0. The lowest BCUT2D eigenvalue weighted by molar-refractivity contribution is -0.120. The smallest absolute Gasteiger partial charge is 0.329 e. The number of nitrogens with one attached hydrogen (secondary N) is 1. The lowest BCUT2D eigenvalue weighted by Gasteiger charge is -2.44. The molecule has 21 heteroatoms. The average molecular weight is 987 g/mol. The first-order valence-corrected chi connectivity index (χ1v) is 25.1. The van der Waals surface area contributed by atoms with E-state index in [9.17, 15) is 27.6 Å². The van der Waals surface area contributed by atoms with Crippen LogP contribution in [-0.4, -0.2) is 141 Å². The number of rotatable bonds is 15. The molecule has 5 aromatic rings. The molecule has 0 unspecified atom stereocenters. The number of benzene rings is 4. The summed E-state index contributed by atoms with van der Waals surface area (Å²) in [7, 11) is -0.578. The summed E-state index contributed by atoms with van der Waals surface area (Å²) in [5.41, 5.74) is 1.68. The molecule has 0 bridgehead atoms. The van der Waals surface area contributed by atoms with Crippen LogP contribution in [0.3, 0.4) is 0 Å². The number of aromatic nitrogens is 2. The minimum Gasteiger partial charge on any atom is -0.493 e. The molecule has 0 aliphatic carbocycles. The first-order valence-electron chi connectivity index (χ1n) is 23.1. The molecule has 3 fully saturated rings. The van der Waals surface area contributed by atoms with Gasteiger partial charge in [0.05, 0.1) is 54.4 Å². The van der Waals surface area contributed by atoms with Gasteiger partial charge >= 0.3 is 6.03 Å². The fourth-order valence-electron chi connectivity index (χ4n) is 9.93. The molecule has 1 N–H and O–H groups in total. The number of imide groups is 2. The number of ether oxygens (including phenoxy) is 3. The van der Waals surface area contributed by atoms with E-state index < -0.39 is 63.7 Å². The third-order valence-corrected chi connectivity index (χ3v) is 14.3. The number of anilines is 2. The van der Waals surface area contributed by atoms with Crippen LogP contribution in [0.25, 0.3) is 10.9 Å². The number of urea groups is 1. The number of methoxy groups -OCH3 is 1. The number of hydrogen-bond acceptors (Lipinski definition) is 13. The van der Waals surface area contributed by atoms with E-state index in [0.717, 1.165) is 11.2 Å². The van der Waals surface area contributed by atoms with Crippen LogP contribution in [0.4, 0.5) is 29.5 Å². The van der Waals surface area contributed by atoms with Crippen LogP contribution in [0.2, 0.25) is 0 Å². The van der Waals surface area contributed by atoms with E-state index in [1.165, 1.54) is 53.1 Å². The Bertz CT molecular complexity index is 2970. The molecule has 4 aromatic carbocycles.